The number of rotatable bonds is 7. The molecule has 1 aliphatic carbocycles. The molecule has 2 rings (SSSR count). The Hall–Kier alpha value is -1.46. The van der Waals surface area contributed by atoms with E-state index in [1.807, 2.05) is 30.0 Å². The van der Waals surface area contributed by atoms with Crippen LogP contribution < -0.4 is 15.2 Å². The van der Waals surface area contributed by atoms with Gasteiger partial charge >= 0.3 is 0 Å². The summed E-state index contributed by atoms with van der Waals surface area (Å²) in [4.78, 5) is 14.8. The maximum absolute atomic E-state index is 12.8. The molecule has 6 heteroatoms. The van der Waals surface area contributed by atoms with Crippen molar-refractivity contribution in [2.24, 2.45) is 17.6 Å². The van der Waals surface area contributed by atoms with Crippen LogP contribution >= 0.6 is 12.4 Å². The van der Waals surface area contributed by atoms with Crippen LogP contribution in [0.25, 0.3) is 0 Å². The fraction of sp³-hybridized carbons (Fsp3) is 0.611. The van der Waals surface area contributed by atoms with E-state index in [1.54, 1.807) is 14.2 Å². The Bertz CT molecular complexity index is 539. The van der Waals surface area contributed by atoms with Gasteiger partial charge in [-0.15, -0.1) is 12.4 Å². The number of hydrogen-bond donors (Lipinski definition) is 1. The second-order valence-electron chi connectivity index (χ2n) is 6.07. The molecule has 0 aromatic heterocycles. The van der Waals surface area contributed by atoms with Gasteiger partial charge in [-0.05, 0) is 49.9 Å². The van der Waals surface area contributed by atoms with Crippen molar-refractivity contribution in [3.05, 3.63) is 23.8 Å². The molecule has 1 fully saturated rings. The van der Waals surface area contributed by atoms with Gasteiger partial charge in [0, 0.05) is 19.0 Å². The number of ether oxygens (including phenoxy) is 2. The number of nitrogens with two attached hydrogens (primary N) is 1. The van der Waals surface area contributed by atoms with Gasteiger partial charge in [-0.25, -0.2) is 0 Å². The maximum atomic E-state index is 12.8. The van der Waals surface area contributed by atoms with E-state index in [-0.39, 0.29) is 24.2 Å². The topological polar surface area (TPSA) is 64.8 Å². The van der Waals surface area contributed by atoms with Crippen molar-refractivity contribution in [3.63, 3.8) is 0 Å². The lowest BCUT2D eigenvalue weighted by Gasteiger charge is -2.27. The highest BCUT2D eigenvalue weighted by molar-refractivity contribution is 5.85. The SMILES string of the molecule is CCN(Cc1ccc(OC)c(OC)c1)C(=O)[C@@H]1CCC[C@@H]1CN.Cl. The highest BCUT2D eigenvalue weighted by Gasteiger charge is 2.34. The van der Waals surface area contributed by atoms with Crippen LogP contribution in [0.15, 0.2) is 18.2 Å². The molecule has 1 aromatic carbocycles. The summed E-state index contributed by atoms with van der Waals surface area (Å²) in [5, 5.41) is 0. The molecule has 0 unspecified atom stereocenters. The molecule has 136 valence electrons. The molecular weight excluding hydrogens is 328 g/mol. The van der Waals surface area contributed by atoms with Crippen molar-refractivity contribution in [2.75, 3.05) is 27.3 Å². The normalized spacial score (nSPS) is 19.5. The molecule has 0 heterocycles. The lowest BCUT2D eigenvalue weighted by atomic mass is 9.94. The third-order valence-corrected chi connectivity index (χ3v) is 4.79. The molecule has 1 aliphatic rings. The number of nitrogens with zero attached hydrogens (tertiary/aromatic N) is 1. The standard InChI is InChI=1S/C18H28N2O3.ClH/c1-4-20(18(21)15-7-5-6-14(15)11-19)12-13-8-9-16(22-2)17(10-13)23-3;/h8-10,14-15H,4-7,11-12,19H2,1-3H3;1H/t14-,15-;/m1./s1. The molecule has 0 radical (unpaired) electrons. The van der Waals surface area contributed by atoms with E-state index in [1.165, 1.54) is 0 Å². The van der Waals surface area contributed by atoms with E-state index in [9.17, 15) is 4.79 Å². The van der Waals surface area contributed by atoms with Crippen LogP contribution in [-0.4, -0.2) is 38.1 Å². The van der Waals surface area contributed by atoms with Gasteiger partial charge in [0.25, 0.3) is 0 Å². The first kappa shape index (κ1) is 20.6. The minimum Gasteiger partial charge on any atom is -0.493 e. The molecule has 5 nitrogen and oxygen atoms in total. The molecule has 2 atom stereocenters. The van der Waals surface area contributed by atoms with Crippen molar-refractivity contribution in [1.82, 2.24) is 4.90 Å². The lowest BCUT2D eigenvalue weighted by molar-refractivity contribution is -0.137. The number of amides is 1. The van der Waals surface area contributed by atoms with E-state index < -0.39 is 0 Å². The van der Waals surface area contributed by atoms with E-state index in [0.29, 0.717) is 37.1 Å². The first-order chi connectivity index (χ1) is 11.1. The lowest BCUT2D eigenvalue weighted by Crippen LogP contribution is -2.38. The smallest absolute Gasteiger partial charge is 0.226 e. The summed E-state index contributed by atoms with van der Waals surface area (Å²) in [6, 6.07) is 5.79. The minimum atomic E-state index is 0. The number of halogens is 1. The van der Waals surface area contributed by atoms with Gasteiger partial charge < -0.3 is 20.1 Å². The van der Waals surface area contributed by atoms with Gasteiger partial charge in [0.1, 0.15) is 0 Å². The van der Waals surface area contributed by atoms with E-state index >= 15 is 0 Å². The number of benzene rings is 1. The maximum Gasteiger partial charge on any atom is 0.226 e. The molecule has 0 bridgehead atoms. The van der Waals surface area contributed by atoms with Crippen molar-refractivity contribution in [2.45, 2.75) is 32.7 Å². The van der Waals surface area contributed by atoms with Gasteiger partial charge in [0.2, 0.25) is 5.91 Å². The van der Waals surface area contributed by atoms with Crippen LogP contribution in [0.5, 0.6) is 11.5 Å². The summed E-state index contributed by atoms with van der Waals surface area (Å²) < 4.78 is 10.6. The first-order valence-corrected chi connectivity index (χ1v) is 8.34. The molecule has 0 spiro atoms. The Kier molecular flexibility index (Phi) is 8.36. The fourth-order valence-electron chi connectivity index (χ4n) is 3.42. The van der Waals surface area contributed by atoms with Crippen molar-refractivity contribution in [1.29, 1.82) is 0 Å². The molecule has 1 aromatic rings. The molecular formula is C18H29ClN2O3. The Balaban J connectivity index is 0.00000288. The van der Waals surface area contributed by atoms with Crippen LogP contribution in [0.1, 0.15) is 31.7 Å². The summed E-state index contributed by atoms with van der Waals surface area (Å²) in [6.07, 6.45) is 3.14. The van der Waals surface area contributed by atoms with Crippen LogP contribution in [0.2, 0.25) is 0 Å². The van der Waals surface area contributed by atoms with Gasteiger partial charge in [0.15, 0.2) is 11.5 Å². The van der Waals surface area contributed by atoms with Crippen molar-refractivity contribution >= 4 is 18.3 Å². The minimum absolute atomic E-state index is 0. The number of carbonyl (C=O) groups excluding carboxylic acids is 1. The predicted molar refractivity (Wildman–Crippen MR) is 97.8 cm³/mol. The molecule has 1 amide bonds. The summed E-state index contributed by atoms with van der Waals surface area (Å²) in [6.45, 7) is 3.90. The Morgan fingerprint density at radius 3 is 2.54 bits per heavy atom. The van der Waals surface area contributed by atoms with Crippen LogP contribution in [-0.2, 0) is 11.3 Å². The Morgan fingerprint density at radius 1 is 1.25 bits per heavy atom. The highest BCUT2D eigenvalue weighted by Crippen LogP contribution is 2.33. The van der Waals surface area contributed by atoms with Gasteiger partial charge in [-0.2, -0.15) is 0 Å². The Labute approximate surface area is 150 Å². The average molecular weight is 357 g/mol. The zero-order valence-corrected chi connectivity index (χ0v) is 15.6. The van der Waals surface area contributed by atoms with E-state index in [2.05, 4.69) is 0 Å². The molecule has 24 heavy (non-hydrogen) atoms. The second-order valence-corrected chi connectivity index (χ2v) is 6.07. The van der Waals surface area contributed by atoms with Gasteiger partial charge in [-0.1, -0.05) is 12.5 Å². The largest absolute Gasteiger partial charge is 0.493 e. The summed E-state index contributed by atoms with van der Waals surface area (Å²) in [5.41, 5.74) is 6.87. The van der Waals surface area contributed by atoms with Crippen molar-refractivity contribution in [3.8, 4) is 11.5 Å². The average Bonchev–Trinajstić information content (AvgIpc) is 3.07. The molecule has 0 saturated heterocycles. The quantitative estimate of drug-likeness (QED) is 0.815. The van der Waals surface area contributed by atoms with Crippen LogP contribution in [0.3, 0.4) is 0 Å². The van der Waals surface area contributed by atoms with E-state index in [4.69, 9.17) is 15.2 Å². The summed E-state index contributed by atoms with van der Waals surface area (Å²) >= 11 is 0. The van der Waals surface area contributed by atoms with Crippen LogP contribution in [0, 0.1) is 11.8 Å². The molecule has 1 saturated carbocycles. The number of carbonyl (C=O) groups is 1. The van der Waals surface area contributed by atoms with Crippen LogP contribution in [0.4, 0.5) is 0 Å². The fourth-order valence-corrected chi connectivity index (χ4v) is 3.42. The number of hydrogen-bond acceptors (Lipinski definition) is 4. The van der Waals surface area contributed by atoms with E-state index in [0.717, 1.165) is 24.8 Å². The zero-order chi connectivity index (χ0) is 16.8. The number of methoxy groups -OCH3 is 2. The third kappa shape index (κ3) is 4.54. The second kappa shape index (κ2) is 9.74. The van der Waals surface area contributed by atoms with Crippen molar-refractivity contribution < 1.29 is 14.3 Å². The third-order valence-electron chi connectivity index (χ3n) is 4.79. The van der Waals surface area contributed by atoms with Gasteiger partial charge in [-0.3, -0.25) is 4.79 Å². The predicted octanol–water partition coefficient (Wildman–Crippen LogP) is 2.85. The van der Waals surface area contributed by atoms with Gasteiger partial charge in [0.05, 0.1) is 14.2 Å². The molecule has 0 aliphatic heterocycles. The summed E-state index contributed by atoms with van der Waals surface area (Å²) in [7, 11) is 3.24. The summed E-state index contributed by atoms with van der Waals surface area (Å²) in [5.74, 6) is 2.04. The Morgan fingerprint density at radius 2 is 1.96 bits per heavy atom. The monoisotopic (exact) mass is 356 g/mol. The first-order valence-electron chi connectivity index (χ1n) is 8.34. The molecule has 2 N–H and O–H groups in total. The zero-order valence-electron chi connectivity index (χ0n) is 14.8. The highest BCUT2D eigenvalue weighted by atomic mass is 35.5.